The van der Waals surface area contributed by atoms with Crippen molar-refractivity contribution < 1.29 is 9.59 Å². The second-order valence-corrected chi connectivity index (χ2v) is 7.22. The van der Waals surface area contributed by atoms with Gasteiger partial charge in [-0.1, -0.05) is 37.6 Å². The Labute approximate surface area is 160 Å². The first-order valence-electron chi connectivity index (χ1n) is 8.36. The number of carbonyl (C=O) groups excluding carboxylic acids is 2. The van der Waals surface area contributed by atoms with Gasteiger partial charge in [-0.3, -0.25) is 9.59 Å². The predicted molar refractivity (Wildman–Crippen MR) is 104 cm³/mol. The highest BCUT2D eigenvalue weighted by Gasteiger charge is 2.37. The van der Waals surface area contributed by atoms with E-state index in [9.17, 15) is 9.59 Å². The summed E-state index contributed by atoms with van der Waals surface area (Å²) in [6.45, 7) is 5.13. The fourth-order valence-electron chi connectivity index (χ4n) is 2.87. The fourth-order valence-corrected chi connectivity index (χ4v) is 3.11. The third kappa shape index (κ3) is 5.33. The number of benzene rings is 1. The Balaban J connectivity index is 0.00000312. The van der Waals surface area contributed by atoms with Crippen LogP contribution in [0.2, 0.25) is 5.02 Å². The lowest BCUT2D eigenvalue weighted by molar-refractivity contribution is -0.134. The molecule has 0 saturated carbocycles. The van der Waals surface area contributed by atoms with Gasteiger partial charge in [0.1, 0.15) is 0 Å². The first-order chi connectivity index (χ1) is 11.3. The summed E-state index contributed by atoms with van der Waals surface area (Å²) < 4.78 is 0. The first-order valence-corrected chi connectivity index (χ1v) is 8.74. The van der Waals surface area contributed by atoms with Crippen LogP contribution >= 0.6 is 24.0 Å². The van der Waals surface area contributed by atoms with Crippen LogP contribution in [-0.2, 0) is 9.59 Å². The van der Waals surface area contributed by atoms with Gasteiger partial charge < -0.3 is 15.5 Å². The zero-order valence-electron chi connectivity index (χ0n) is 14.9. The summed E-state index contributed by atoms with van der Waals surface area (Å²) in [5.41, 5.74) is 6.71. The van der Waals surface area contributed by atoms with E-state index in [1.165, 1.54) is 0 Å². The van der Waals surface area contributed by atoms with E-state index in [2.05, 4.69) is 13.8 Å². The average molecular weight is 388 g/mol. The molecule has 1 aliphatic heterocycles. The number of rotatable bonds is 6. The second kappa shape index (κ2) is 9.41. The highest BCUT2D eigenvalue weighted by molar-refractivity contribution is 6.33. The van der Waals surface area contributed by atoms with Crippen molar-refractivity contribution in [2.24, 2.45) is 17.6 Å². The lowest BCUT2D eigenvalue weighted by Gasteiger charge is -2.24. The Morgan fingerprint density at radius 1 is 1.40 bits per heavy atom. The van der Waals surface area contributed by atoms with Crippen LogP contribution in [-0.4, -0.2) is 42.9 Å². The minimum absolute atomic E-state index is 0. The van der Waals surface area contributed by atoms with Gasteiger partial charge in [0.15, 0.2) is 0 Å². The van der Waals surface area contributed by atoms with Gasteiger partial charge in [-0.25, -0.2) is 0 Å². The number of amides is 2. The van der Waals surface area contributed by atoms with Gasteiger partial charge in [-0.05, 0) is 24.5 Å². The van der Waals surface area contributed by atoms with Gasteiger partial charge in [0.2, 0.25) is 11.8 Å². The molecular weight excluding hydrogens is 361 g/mol. The van der Waals surface area contributed by atoms with Crippen molar-refractivity contribution in [3.05, 3.63) is 29.3 Å². The van der Waals surface area contributed by atoms with Crippen LogP contribution in [0.25, 0.3) is 0 Å². The molecule has 1 aromatic rings. The van der Waals surface area contributed by atoms with Gasteiger partial charge in [-0.2, -0.15) is 0 Å². The van der Waals surface area contributed by atoms with Crippen molar-refractivity contribution in [3.63, 3.8) is 0 Å². The SMILES string of the molecule is CC(C)C(N)CCN(C)C(=O)C1CC(=O)N(c2ccccc2Cl)C1.Cl. The van der Waals surface area contributed by atoms with Crippen molar-refractivity contribution in [2.45, 2.75) is 32.7 Å². The summed E-state index contributed by atoms with van der Waals surface area (Å²) in [7, 11) is 1.78. The Bertz CT molecular complexity index is 610. The topological polar surface area (TPSA) is 66.6 Å². The summed E-state index contributed by atoms with van der Waals surface area (Å²) in [5, 5.41) is 0.523. The molecule has 0 aliphatic carbocycles. The van der Waals surface area contributed by atoms with E-state index in [1.807, 2.05) is 12.1 Å². The summed E-state index contributed by atoms with van der Waals surface area (Å²) in [4.78, 5) is 28.2. The predicted octanol–water partition coefficient (Wildman–Crippen LogP) is 2.95. The van der Waals surface area contributed by atoms with E-state index in [-0.39, 0.29) is 42.6 Å². The molecule has 2 N–H and O–H groups in total. The quantitative estimate of drug-likeness (QED) is 0.815. The monoisotopic (exact) mass is 387 g/mol. The molecular formula is C18H27Cl2N3O2. The van der Waals surface area contributed by atoms with Gasteiger partial charge in [-0.15, -0.1) is 12.4 Å². The van der Waals surface area contributed by atoms with Crippen LogP contribution in [0.5, 0.6) is 0 Å². The highest BCUT2D eigenvalue weighted by atomic mass is 35.5. The number of carbonyl (C=O) groups is 2. The molecule has 0 spiro atoms. The van der Waals surface area contributed by atoms with Crippen molar-refractivity contribution in [1.29, 1.82) is 0 Å². The first kappa shape index (κ1) is 21.7. The van der Waals surface area contributed by atoms with Crippen LogP contribution in [0.3, 0.4) is 0 Å². The molecule has 1 aromatic carbocycles. The Morgan fingerprint density at radius 2 is 2.04 bits per heavy atom. The van der Waals surface area contributed by atoms with E-state index < -0.39 is 0 Å². The summed E-state index contributed by atoms with van der Waals surface area (Å²) >= 11 is 6.17. The lowest BCUT2D eigenvalue weighted by Crippen LogP contribution is -2.38. The van der Waals surface area contributed by atoms with Crippen LogP contribution in [0.1, 0.15) is 26.7 Å². The lowest BCUT2D eigenvalue weighted by atomic mass is 10.0. The molecule has 1 aliphatic rings. The van der Waals surface area contributed by atoms with Crippen LogP contribution in [0, 0.1) is 11.8 Å². The molecule has 0 bridgehead atoms. The van der Waals surface area contributed by atoms with Crippen molar-refractivity contribution in [1.82, 2.24) is 4.90 Å². The maximum Gasteiger partial charge on any atom is 0.227 e. The minimum atomic E-state index is -0.325. The number of nitrogens with zero attached hydrogens (tertiary/aromatic N) is 2. The van der Waals surface area contributed by atoms with Crippen molar-refractivity contribution >= 4 is 41.5 Å². The average Bonchev–Trinajstić information content (AvgIpc) is 2.93. The molecule has 1 saturated heterocycles. The second-order valence-electron chi connectivity index (χ2n) is 6.81. The molecule has 1 fully saturated rings. The van der Waals surface area contributed by atoms with Crippen LogP contribution < -0.4 is 10.6 Å². The van der Waals surface area contributed by atoms with Crippen molar-refractivity contribution in [2.75, 3.05) is 25.0 Å². The maximum atomic E-state index is 12.6. The number of anilines is 1. The molecule has 0 aromatic heterocycles. The molecule has 2 unspecified atom stereocenters. The smallest absolute Gasteiger partial charge is 0.227 e. The third-order valence-corrected chi connectivity index (χ3v) is 4.97. The summed E-state index contributed by atoms with van der Waals surface area (Å²) in [5.74, 6) is -0.00564. The molecule has 7 heteroatoms. The van der Waals surface area contributed by atoms with Crippen LogP contribution in [0.15, 0.2) is 24.3 Å². The number of hydrogen-bond acceptors (Lipinski definition) is 3. The van der Waals surface area contributed by atoms with E-state index in [0.717, 1.165) is 6.42 Å². The van der Waals surface area contributed by atoms with Crippen molar-refractivity contribution in [3.8, 4) is 0 Å². The van der Waals surface area contributed by atoms with E-state index in [0.29, 0.717) is 29.7 Å². The zero-order chi connectivity index (χ0) is 17.9. The molecule has 25 heavy (non-hydrogen) atoms. The largest absolute Gasteiger partial charge is 0.345 e. The van der Waals surface area contributed by atoms with Gasteiger partial charge >= 0.3 is 0 Å². The van der Waals surface area contributed by atoms with E-state index in [4.69, 9.17) is 17.3 Å². The third-order valence-electron chi connectivity index (χ3n) is 4.65. The summed E-state index contributed by atoms with van der Waals surface area (Å²) in [6.07, 6.45) is 0.986. The molecule has 1 heterocycles. The van der Waals surface area contributed by atoms with E-state index in [1.54, 1.807) is 29.0 Å². The normalized spacial score (nSPS) is 18.2. The fraction of sp³-hybridized carbons (Fsp3) is 0.556. The molecule has 5 nitrogen and oxygen atoms in total. The minimum Gasteiger partial charge on any atom is -0.345 e. The Morgan fingerprint density at radius 3 is 2.64 bits per heavy atom. The van der Waals surface area contributed by atoms with Gasteiger partial charge in [0, 0.05) is 32.6 Å². The van der Waals surface area contributed by atoms with Crippen LogP contribution in [0.4, 0.5) is 5.69 Å². The summed E-state index contributed by atoms with van der Waals surface area (Å²) in [6, 6.07) is 7.28. The molecule has 0 radical (unpaired) electrons. The number of para-hydroxylation sites is 1. The Hall–Kier alpha value is -1.30. The van der Waals surface area contributed by atoms with Gasteiger partial charge in [0.25, 0.3) is 0 Å². The molecule has 2 rings (SSSR count). The number of halogens is 2. The standard InChI is InChI=1S/C18H26ClN3O2.ClH/c1-12(2)15(20)8-9-21(3)18(24)13-10-17(23)22(11-13)16-7-5-4-6-14(16)19;/h4-7,12-13,15H,8-11,20H2,1-3H3;1H. The molecule has 2 atom stereocenters. The molecule has 2 amide bonds. The highest BCUT2D eigenvalue weighted by Crippen LogP contribution is 2.31. The Kier molecular flexibility index (Phi) is 8.19. The maximum absolute atomic E-state index is 12.6. The zero-order valence-corrected chi connectivity index (χ0v) is 16.5. The number of nitrogens with two attached hydrogens (primary N) is 1. The van der Waals surface area contributed by atoms with E-state index >= 15 is 0 Å². The number of hydrogen-bond donors (Lipinski definition) is 1. The van der Waals surface area contributed by atoms with Gasteiger partial charge in [0.05, 0.1) is 16.6 Å². The molecule has 140 valence electrons.